The monoisotopic (exact) mass is 803 g/mol. The molecule has 1 spiro atoms. The Morgan fingerprint density at radius 3 is 2.48 bits per heavy atom. The molecule has 304 valence electrons. The smallest absolute Gasteiger partial charge is 0.437 e. The molecule has 56 heavy (non-hydrogen) atoms. The van der Waals surface area contributed by atoms with E-state index in [1.165, 1.54) is 17.9 Å². The van der Waals surface area contributed by atoms with Crippen LogP contribution in [0, 0.1) is 0 Å². The highest BCUT2D eigenvalue weighted by Crippen LogP contribution is 2.48. The van der Waals surface area contributed by atoms with Gasteiger partial charge >= 0.3 is 12.3 Å². The van der Waals surface area contributed by atoms with Gasteiger partial charge in [-0.1, -0.05) is 43.2 Å². The Kier molecular flexibility index (Phi) is 11.0. The van der Waals surface area contributed by atoms with Crippen LogP contribution in [0.2, 0.25) is 0 Å². The van der Waals surface area contributed by atoms with E-state index in [0.717, 1.165) is 12.8 Å². The number of halogens is 3. The molecule has 2 saturated carbocycles. The van der Waals surface area contributed by atoms with E-state index in [4.69, 9.17) is 9.47 Å². The number of nitrogens with one attached hydrogen (secondary N) is 3. The van der Waals surface area contributed by atoms with Crippen LogP contribution in [0.5, 0.6) is 5.75 Å². The largest absolute Gasteiger partial charge is 0.483 e. The number of benzene rings is 1. The zero-order valence-electron chi connectivity index (χ0n) is 31.3. The number of aromatic nitrogens is 1. The van der Waals surface area contributed by atoms with Crippen molar-refractivity contribution >= 4 is 44.7 Å². The molecule has 3 aliphatic heterocycles. The SMILES string of the molecule is CC1(S(=O)(=O)NC(=O)[C@H]2C/C=C\CCCCC[C@H](NC(=O)OC3CCCC3)C(=O)N3C[C@@]4(CCc5c(c(C(F)(F)F)nc6ccccc56)O4)C[C@H]3C(=O)N2)CC1. The van der Waals surface area contributed by atoms with E-state index < -0.39 is 79.9 Å². The molecule has 1 saturated heterocycles. The molecule has 4 heterocycles. The Morgan fingerprint density at radius 2 is 1.75 bits per heavy atom. The van der Waals surface area contributed by atoms with Crippen LogP contribution in [0.1, 0.15) is 108 Å². The van der Waals surface area contributed by atoms with E-state index in [-0.39, 0.29) is 50.3 Å². The second-order valence-electron chi connectivity index (χ2n) is 16.1. The molecule has 0 unspecified atom stereocenters. The van der Waals surface area contributed by atoms with Crippen LogP contribution in [0.15, 0.2) is 36.4 Å². The van der Waals surface area contributed by atoms with Gasteiger partial charge in [0.15, 0.2) is 11.4 Å². The lowest BCUT2D eigenvalue weighted by atomic mass is 9.87. The van der Waals surface area contributed by atoms with Crippen molar-refractivity contribution in [1.29, 1.82) is 0 Å². The van der Waals surface area contributed by atoms with Gasteiger partial charge in [-0.2, -0.15) is 13.2 Å². The standard InChI is InChI=1S/C39H48F3N5O8S/c1-37(20-21-37)56(52,53)46-33(48)28-16-6-4-2-3-5-7-17-29(45-36(51)54-24-12-8-9-13-24)35(50)47-23-38(22-30(47)34(49)44-28)19-18-26-25-14-10-11-15-27(25)43-32(31(26)55-38)39(40,41)42/h4,6,10-11,14-15,24,28-30H,2-3,5,7-9,12-13,16-23H2,1H3,(H,44,49)(H,45,51)(H,46,48)/b6-4-/t28-,29+,30+,38-/m1/s1. The van der Waals surface area contributed by atoms with Crippen molar-refractivity contribution in [3.05, 3.63) is 47.7 Å². The van der Waals surface area contributed by atoms with Gasteiger partial charge < -0.3 is 25.0 Å². The number of allylic oxidation sites excluding steroid dienone is 1. The summed E-state index contributed by atoms with van der Waals surface area (Å²) >= 11 is 0. The van der Waals surface area contributed by atoms with Crippen LogP contribution in [-0.2, 0) is 41.7 Å². The van der Waals surface area contributed by atoms with Crippen molar-refractivity contribution < 1.29 is 50.2 Å². The number of amides is 4. The maximum atomic E-state index is 14.6. The van der Waals surface area contributed by atoms with Gasteiger partial charge in [0.2, 0.25) is 21.8 Å². The lowest BCUT2D eigenvalue weighted by Crippen LogP contribution is -2.57. The van der Waals surface area contributed by atoms with Crippen LogP contribution in [0.4, 0.5) is 18.0 Å². The Balaban J connectivity index is 1.23. The first kappa shape index (κ1) is 39.8. The summed E-state index contributed by atoms with van der Waals surface area (Å²) < 4.78 is 82.8. The number of alkyl halides is 3. The topological polar surface area (TPSA) is 173 Å². The zero-order chi connectivity index (χ0) is 39.9. The lowest BCUT2D eigenvalue weighted by Gasteiger charge is -2.37. The van der Waals surface area contributed by atoms with Crippen molar-refractivity contribution in [2.75, 3.05) is 6.54 Å². The molecule has 4 amide bonds. The van der Waals surface area contributed by atoms with E-state index in [9.17, 15) is 40.8 Å². The predicted molar refractivity (Wildman–Crippen MR) is 198 cm³/mol. The first-order valence-corrected chi connectivity index (χ1v) is 21.0. The number of hydrogen-bond acceptors (Lipinski definition) is 9. The maximum Gasteiger partial charge on any atom is 0.437 e. The fraction of sp³-hybridized carbons (Fsp3) is 0.615. The number of fused-ring (bicyclic) bond motifs is 4. The van der Waals surface area contributed by atoms with E-state index in [0.29, 0.717) is 62.3 Å². The minimum absolute atomic E-state index is 0.0512. The van der Waals surface area contributed by atoms with Crippen molar-refractivity contribution in [3.8, 4) is 5.75 Å². The highest BCUT2D eigenvalue weighted by Gasteiger charge is 2.55. The Labute approximate surface area is 323 Å². The molecule has 5 aliphatic rings. The summed E-state index contributed by atoms with van der Waals surface area (Å²) in [7, 11) is -4.06. The second-order valence-corrected chi connectivity index (χ2v) is 18.3. The number of para-hydroxylation sites is 1. The summed E-state index contributed by atoms with van der Waals surface area (Å²) in [5.41, 5.74) is -2.22. The molecule has 1 aromatic heterocycles. The number of sulfonamides is 1. The van der Waals surface area contributed by atoms with Crippen LogP contribution < -0.4 is 20.1 Å². The summed E-state index contributed by atoms with van der Waals surface area (Å²) in [5.74, 6) is -2.88. The van der Waals surface area contributed by atoms with Gasteiger partial charge in [0.25, 0.3) is 5.91 Å². The number of aryl methyl sites for hydroxylation is 1. The maximum absolute atomic E-state index is 14.6. The number of carbonyl (C=O) groups excluding carboxylic acids is 4. The molecule has 4 atom stereocenters. The summed E-state index contributed by atoms with van der Waals surface area (Å²) in [6, 6.07) is 2.61. The fourth-order valence-electron chi connectivity index (χ4n) is 8.30. The Hall–Kier alpha value is -4.41. The predicted octanol–water partition coefficient (Wildman–Crippen LogP) is 5.35. The van der Waals surface area contributed by atoms with Crippen molar-refractivity contribution in [1.82, 2.24) is 25.2 Å². The van der Waals surface area contributed by atoms with Crippen molar-refractivity contribution in [2.24, 2.45) is 0 Å². The van der Waals surface area contributed by atoms with E-state index in [2.05, 4.69) is 20.3 Å². The first-order chi connectivity index (χ1) is 26.6. The molecule has 0 radical (unpaired) electrons. The van der Waals surface area contributed by atoms with E-state index in [1.54, 1.807) is 24.3 Å². The summed E-state index contributed by atoms with van der Waals surface area (Å²) in [6.07, 6.45) is 4.29. The number of hydrogen-bond donors (Lipinski definition) is 3. The van der Waals surface area contributed by atoms with Crippen LogP contribution in [-0.4, -0.2) is 83.2 Å². The molecule has 13 nitrogen and oxygen atoms in total. The third-order valence-corrected chi connectivity index (χ3v) is 14.1. The molecule has 0 bridgehead atoms. The van der Waals surface area contributed by atoms with Crippen LogP contribution >= 0.6 is 0 Å². The third kappa shape index (κ3) is 8.33. The lowest BCUT2D eigenvalue weighted by molar-refractivity contribution is -0.144. The number of carbonyl (C=O) groups is 4. The number of rotatable bonds is 5. The van der Waals surface area contributed by atoms with Gasteiger partial charge in [-0.05, 0) is 90.0 Å². The second kappa shape index (κ2) is 15.5. The van der Waals surface area contributed by atoms with Crippen molar-refractivity contribution in [3.63, 3.8) is 0 Å². The number of ether oxygens (including phenoxy) is 2. The molecular formula is C39H48F3N5O8S. The fourth-order valence-corrected chi connectivity index (χ4v) is 9.59. The van der Waals surface area contributed by atoms with E-state index >= 15 is 0 Å². The first-order valence-electron chi connectivity index (χ1n) is 19.6. The van der Waals surface area contributed by atoms with Gasteiger partial charge in [-0.3, -0.25) is 19.1 Å². The Morgan fingerprint density at radius 1 is 1.02 bits per heavy atom. The van der Waals surface area contributed by atoms with Crippen LogP contribution in [0.25, 0.3) is 10.9 Å². The average Bonchev–Trinajstić information content (AvgIpc) is 3.53. The molecule has 1 aromatic carbocycles. The van der Waals surface area contributed by atoms with Gasteiger partial charge in [-0.25, -0.2) is 18.2 Å². The minimum atomic E-state index is -4.89. The summed E-state index contributed by atoms with van der Waals surface area (Å²) in [4.78, 5) is 60.9. The molecule has 3 N–H and O–H groups in total. The molecule has 7 rings (SSSR count). The number of pyridine rings is 1. The number of alkyl carbamates (subject to hydrolysis) is 1. The highest BCUT2D eigenvalue weighted by atomic mass is 32.2. The average molecular weight is 804 g/mol. The molecular weight excluding hydrogens is 756 g/mol. The zero-order valence-corrected chi connectivity index (χ0v) is 32.1. The highest BCUT2D eigenvalue weighted by molar-refractivity contribution is 7.91. The quantitative estimate of drug-likeness (QED) is 0.337. The van der Waals surface area contributed by atoms with Gasteiger partial charge in [-0.15, -0.1) is 0 Å². The van der Waals surface area contributed by atoms with Crippen LogP contribution in [0.3, 0.4) is 0 Å². The van der Waals surface area contributed by atoms with E-state index in [1.807, 2.05) is 6.08 Å². The molecule has 3 fully saturated rings. The summed E-state index contributed by atoms with van der Waals surface area (Å²) in [6.45, 7) is 1.23. The van der Waals surface area contributed by atoms with Gasteiger partial charge in [0.1, 0.15) is 29.8 Å². The van der Waals surface area contributed by atoms with Crippen molar-refractivity contribution in [2.45, 2.75) is 144 Å². The minimum Gasteiger partial charge on any atom is -0.483 e. The molecule has 2 aliphatic carbocycles. The third-order valence-electron chi connectivity index (χ3n) is 11.9. The number of nitrogens with zero attached hydrogens (tertiary/aromatic N) is 2. The normalized spacial score (nSPS) is 27.9. The molecule has 17 heteroatoms. The molecule has 2 aromatic rings. The summed E-state index contributed by atoms with van der Waals surface area (Å²) in [5, 5.41) is 5.87. The van der Waals surface area contributed by atoms with Gasteiger partial charge in [0, 0.05) is 17.4 Å². The Bertz CT molecular complexity index is 2020. The van der Waals surface area contributed by atoms with Gasteiger partial charge in [0.05, 0.1) is 16.8 Å².